The van der Waals surface area contributed by atoms with Gasteiger partial charge < -0.3 is 4.74 Å². The molecule has 0 aromatic carbocycles. The van der Waals surface area contributed by atoms with Crippen LogP contribution in [0.15, 0.2) is 0 Å². The van der Waals surface area contributed by atoms with E-state index >= 15 is 0 Å². The molecule has 0 aliphatic heterocycles. The second-order valence-electron chi connectivity index (χ2n) is 4.25. The summed E-state index contributed by atoms with van der Waals surface area (Å²) in [6.45, 7) is 8.67. The fourth-order valence-corrected chi connectivity index (χ4v) is 1.68. The molecule has 0 heterocycles. The van der Waals surface area contributed by atoms with Gasteiger partial charge in [-0.15, -0.1) is 0 Å². The van der Waals surface area contributed by atoms with E-state index in [9.17, 15) is 4.79 Å². The van der Waals surface area contributed by atoms with Crippen molar-refractivity contribution >= 4 is 5.78 Å². The number of ketones is 1. The van der Waals surface area contributed by atoms with Crippen LogP contribution in [0.25, 0.3) is 0 Å². The molecule has 0 spiro atoms. The molecule has 0 saturated carbocycles. The Balaban J connectivity index is 3.93. The predicted octanol–water partition coefficient (Wildman–Crippen LogP) is 3.73. The van der Waals surface area contributed by atoms with Gasteiger partial charge in [0.15, 0.2) is 5.78 Å². The summed E-state index contributed by atoms with van der Waals surface area (Å²) in [6, 6.07) is 0. The summed E-state index contributed by atoms with van der Waals surface area (Å²) in [5.74, 6) is 0.267. The highest BCUT2D eigenvalue weighted by molar-refractivity contribution is 5.86. The standard InChI is InChI=1S/C13H26O2/c1-5-8-9-10-11-12(14)13(4,6-2)15-7-3/h5-11H2,1-4H3. The molecular weight excluding hydrogens is 188 g/mol. The normalized spacial score (nSPS) is 14.9. The lowest BCUT2D eigenvalue weighted by Crippen LogP contribution is -2.37. The van der Waals surface area contributed by atoms with Crippen LogP contribution in [0.5, 0.6) is 0 Å². The Hall–Kier alpha value is -0.370. The van der Waals surface area contributed by atoms with E-state index in [1.165, 1.54) is 12.8 Å². The van der Waals surface area contributed by atoms with E-state index in [1.807, 2.05) is 20.8 Å². The maximum absolute atomic E-state index is 11.9. The quantitative estimate of drug-likeness (QED) is 0.547. The second-order valence-corrected chi connectivity index (χ2v) is 4.25. The molecule has 2 heteroatoms. The maximum Gasteiger partial charge on any atom is 0.164 e. The van der Waals surface area contributed by atoms with E-state index < -0.39 is 5.60 Å². The Kier molecular flexibility index (Phi) is 7.67. The van der Waals surface area contributed by atoms with Gasteiger partial charge in [-0.25, -0.2) is 0 Å². The van der Waals surface area contributed by atoms with Crippen molar-refractivity contribution in [3.05, 3.63) is 0 Å². The third-order valence-electron chi connectivity index (χ3n) is 2.98. The highest BCUT2D eigenvalue weighted by atomic mass is 16.5. The average Bonchev–Trinajstić information content (AvgIpc) is 2.24. The summed E-state index contributed by atoms with van der Waals surface area (Å²) >= 11 is 0. The van der Waals surface area contributed by atoms with Crippen molar-refractivity contribution in [3.8, 4) is 0 Å². The summed E-state index contributed by atoms with van der Waals surface area (Å²) in [6.07, 6.45) is 6.05. The predicted molar refractivity (Wildman–Crippen MR) is 64.1 cm³/mol. The second kappa shape index (κ2) is 7.86. The minimum atomic E-state index is -0.541. The van der Waals surface area contributed by atoms with Gasteiger partial charge in [0.05, 0.1) is 0 Å². The molecule has 0 aromatic heterocycles. The minimum absolute atomic E-state index is 0.267. The summed E-state index contributed by atoms with van der Waals surface area (Å²) < 4.78 is 5.55. The number of Topliss-reactive ketones (excluding diaryl/α,β-unsaturated/α-hetero) is 1. The molecule has 0 fully saturated rings. The number of unbranched alkanes of at least 4 members (excludes halogenated alkanes) is 3. The van der Waals surface area contributed by atoms with Crippen molar-refractivity contribution < 1.29 is 9.53 Å². The molecule has 0 aliphatic carbocycles. The fraction of sp³-hybridized carbons (Fsp3) is 0.923. The topological polar surface area (TPSA) is 26.3 Å². The van der Waals surface area contributed by atoms with Crippen LogP contribution in [0.2, 0.25) is 0 Å². The third kappa shape index (κ3) is 5.31. The Labute approximate surface area is 94.4 Å². The van der Waals surface area contributed by atoms with Crippen LogP contribution in [-0.2, 0) is 9.53 Å². The molecular formula is C13H26O2. The van der Waals surface area contributed by atoms with Gasteiger partial charge in [0.25, 0.3) is 0 Å². The molecule has 15 heavy (non-hydrogen) atoms. The van der Waals surface area contributed by atoms with Crippen molar-refractivity contribution in [1.82, 2.24) is 0 Å². The van der Waals surface area contributed by atoms with Crippen molar-refractivity contribution in [2.45, 2.75) is 71.8 Å². The zero-order valence-corrected chi connectivity index (χ0v) is 10.8. The molecule has 90 valence electrons. The number of rotatable bonds is 9. The molecule has 0 radical (unpaired) electrons. The number of carbonyl (C=O) groups is 1. The Bertz CT molecular complexity index is 177. The number of hydrogen-bond acceptors (Lipinski definition) is 2. The first kappa shape index (κ1) is 14.6. The fourth-order valence-electron chi connectivity index (χ4n) is 1.68. The Morgan fingerprint density at radius 2 is 1.80 bits per heavy atom. The monoisotopic (exact) mass is 214 g/mol. The van der Waals surface area contributed by atoms with E-state index in [4.69, 9.17) is 4.74 Å². The summed E-state index contributed by atoms with van der Waals surface area (Å²) in [5.41, 5.74) is -0.541. The highest BCUT2D eigenvalue weighted by Gasteiger charge is 2.30. The maximum atomic E-state index is 11.9. The lowest BCUT2D eigenvalue weighted by Gasteiger charge is -2.26. The van der Waals surface area contributed by atoms with Crippen LogP contribution in [0.3, 0.4) is 0 Å². The molecule has 0 aromatic rings. The van der Waals surface area contributed by atoms with Crippen LogP contribution in [0.1, 0.15) is 66.2 Å². The van der Waals surface area contributed by atoms with Gasteiger partial charge in [-0.1, -0.05) is 33.1 Å². The molecule has 0 rings (SSSR count). The Morgan fingerprint density at radius 1 is 1.13 bits per heavy atom. The molecule has 1 unspecified atom stereocenters. The lowest BCUT2D eigenvalue weighted by atomic mass is 9.93. The van der Waals surface area contributed by atoms with Crippen LogP contribution < -0.4 is 0 Å². The third-order valence-corrected chi connectivity index (χ3v) is 2.98. The first-order chi connectivity index (χ1) is 7.10. The van der Waals surface area contributed by atoms with Crippen LogP contribution in [0.4, 0.5) is 0 Å². The van der Waals surface area contributed by atoms with Gasteiger partial charge >= 0.3 is 0 Å². The smallest absolute Gasteiger partial charge is 0.164 e. The summed E-state index contributed by atoms with van der Waals surface area (Å²) in [4.78, 5) is 11.9. The van der Waals surface area contributed by atoms with Crippen LogP contribution in [-0.4, -0.2) is 18.0 Å². The van der Waals surface area contributed by atoms with E-state index in [-0.39, 0.29) is 5.78 Å². The van der Waals surface area contributed by atoms with E-state index in [2.05, 4.69) is 6.92 Å². The van der Waals surface area contributed by atoms with Crippen LogP contribution >= 0.6 is 0 Å². The van der Waals surface area contributed by atoms with Gasteiger partial charge in [0.1, 0.15) is 5.60 Å². The molecule has 0 aliphatic rings. The lowest BCUT2D eigenvalue weighted by molar-refractivity contribution is -0.142. The zero-order chi connectivity index (χ0) is 11.7. The van der Waals surface area contributed by atoms with Gasteiger partial charge in [0, 0.05) is 13.0 Å². The van der Waals surface area contributed by atoms with E-state index in [0.717, 1.165) is 19.3 Å². The Morgan fingerprint density at radius 3 is 2.27 bits per heavy atom. The van der Waals surface area contributed by atoms with Crippen molar-refractivity contribution in [3.63, 3.8) is 0 Å². The SMILES string of the molecule is CCCCCCC(=O)C(C)(CC)OCC. The van der Waals surface area contributed by atoms with Gasteiger partial charge in [0.2, 0.25) is 0 Å². The summed E-state index contributed by atoms with van der Waals surface area (Å²) in [7, 11) is 0. The van der Waals surface area contributed by atoms with E-state index in [1.54, 1.807) is 0 Å². The first-order valence-electron chi connectivity index (χ1n) is 6.28. The number of ether oxygens (including phenoxy) is 1. The number of hydrogen-bond donors (Lipinski definition) is 0. The largest absolute Gasteiger partial charge is 0.368 e. The zero-order valence-electron chi connectivity index (χ0n) is 10.8. The highest BCUT2D eigenvalue weighted by Crippen LogP contribution is 2.20. The average molecular weight is 214 g/mol. The van der Waals surface area contributed by atoms with Crippen molar-refractivity contribution in [1.29, 1.82) is 0 Å². The van der Waals surface area contributed by atoms with Gasteiger partial charge in [-0.2, -0.15) is 0 Å². The van der Waals surface area contributed by atoms with Gasteiger partial charge in [-0.05, 0) is 26.7 Å². The van der Waals surface area contributed by atoms with Crippen molar-refractivity contribution in [2.75, 3.05) is 6.61 Å². The minimum Gasteiger partial charge on any atom is -0.368 e. The molecule has 0 amide bonds. The molecule has 2 nitrogen and oxygen atoms in total. The summed E-state index contributed by atoms with van der Waals surface area (Å²) in [5, 5.41) is 0. The number of carbonyl (C=O) groups excluding carboxylic acids is 1. The molecule has 1 atom stereocenters. The van der Waals surface area contributed by atoms with Crippen molar-refractivity contribution in [2.24, 2.45) is 0 Å². The van der Waals surface area contributed by atoms with Crippen LogP contribution in [0, 0.1) is 0 Å². The molecule has 0 N–H and O–H groups in total. The van der Waals surface area contributed by atoms with E-state index in [0.29, 0.717) is 13.0 Å². The van der Waals surface area contributed by atoms with Gasteiger partial charge in [-0.3, -0.25) is 4.79 Å². The molecule has 0 saturated heterocycles. The first-order valence-corrected chi connectivity index (χ1v) is 6.28. The molecule has 0 bridgehead atoms.